The molecule has 0 saturated carbocycles. The summed E-state index contributed by atoms with van der Waals surface area (Å²) in [6.07, 6.45) is 7.09. The fourth-order valence-corrected chi connectivity index (χ4v) is 2.81. The summed E-state index contributed by atoms with van der Waals surface area (Å²) in [5, 5.41) is 7.79. The Morgan fingerprint density at radius 1 is 1.32 bits per heavy atom. The van der Waals surface area contributed by atoms with Crippen molar-refractivity contribution in [1.29, 1.82) is 0 Å². The first-order chi connectivity index (χ1) is 9.15. The van der Waals surface area contributed by atoms with Crippen LogP contribution in [0.3, 0.4) is 0 Å². The smallest absolute Gasteiger partial charge is 0.0832 e. The van der Waals surface area contributed by atoms with Gasteiger partial charge in [0.1, 0.15) is 0 Å². The minimum Gasteiger partial charge on any atom is -0.374 e. The number of hydrogen-bond donors (Lipinski definition) is 1. The highest BCUT2D eigenvalue weighted by molar-refractivity contribution is 5.09. The maximum absolute atomic E-state index is 6.10. The van der Waals surface area contributed by atoms with Gasteiger partial charge in [0.15, 0.2) is 0 Å². The molecule has 0 aliphatic rings. The molecule has 0 amide bonds. The third kappa shape index (κ3) is 3.80. The lowest BCUT2D eigenvalue weighted by atomic mass is 9.85. The summed E-state index contributed by atoms with van der Waals surface area (Å²) in [5.41, 5.74) is 1.19. The van der Waals surface area contributed by atoms with Crippen LogP contribution >= 0.6 is 0 Å². The molecule has 1 aromatic heterocycles. The van der Waals surface area contributed by atoms with Crippen LogP contribution in [0.2, 0.25) is 0 Å². The second-order valence-electron chi connectivity index (χ2n) is 4.95. The van der Waals surface area contributed by atoms with Crippen LogP contribution in [0.25, 0.3) is 0 Å². The third-order valence-corrected chi connectivity index (χ3v) is 4.06. The molecular weight excluding hydrogens is 238 g/mol. The van der Waals surface area contributed by atoms with Crippen molar-refractivity contribution >= 4 is 0 Å². The van der Waals surface area contributed by atoms with Gasteiger partial charge in [-0.1, -0.05) is 13.8 Å². The molecule has 0 aliphatic carbocycles. The first-order valence-corrected chi connectivity index (χ1v) is 7.48. The van der Waals surface area contributed by atoms with Crippen molar-refractivity contribution in [3.8, 4) is 0 Å². The van der Waals surface area contributed by atoms with Gasteiger partial charge in [0.25, 0.3) is 0 Å². The van der Waals surface area contributed by atoms with Crippen LogP contribution in [-0.4, -0.2) is 35.1 Å². The average Bonchev–Trinajstić information content (AvgIpc) is 2.90. The van der Waals surface area contributed by atoms with Crippen LogP contribution < -0.4 is 5.32 Å². The molecule has 1 heterocycles. The Morgan fingerprint density at radius 2 is 2.00 bits per heavy atom. The van der Waals surface area contributed by atoms with Crippen molar-refractivity contribution in [2.45, 2.75) is 65.1 Å². The van der Waals surface area contributed by atoms with E-state index in [1.165, 1.54) is 5.56 Å². The van der Waals surface area contributed by atoms with E-state index in [4.69, 9.17) is 4.74 Å². The molecule has 19 heavy (non-hydrogen) atoms. The Balaban J connectivity index is 2.84. The van der Waals surface area contributed by atoms with E-state index in [-0.39, 0.29) is 5.60 Å². The van der Waals surface area contributed by atoms with Gasteiger partial charge in [0.05, 0.1) is 11.8 Å². The minimum atomic E-state index is -0.0855. The number of aryl methyl sites for hydroxylation is 1. The molecule has 1 atom stereocenters. The van der Waals surface area contributed by atoms with E-state index < -0.39 is 0 Å². The quantitative estimate of drug-likeness (QED) is 0.747. The van der Waals surface area contributed by atoms with Crippen molar-refractivity contribution in [2.75, 3.05) is 13.7 Å². The molecular formula is C15H29N3O. The summed E-state index contributed by atoms with van der Waals surface area (Å²) in [4.78, 5) is 0. The Hall–Kier alpha value is -0.870. The van der Waals surface area contributed by atoms with Crippen LogP contribution in [0.1, 0.15) is 46.1 Å². The summed E-state index contributed by atoms with van der Waals surface area (Å²) < 4.78 is 8.07. The second-order valence-corrected chi connectivity index (χ2v) is 4.95. The SMILES string of the molecule is CCOC(CC)(CC)C(Cc1cnn(CC)c1)NC. The molecule has 0 fully saturated rings. The van der Waals surface area contributed by atoms with Crippen LogP contribution in [-0.2, 0) is 17.7 Å². The zero-order valence-electron chi connectivity index (χ0n) is 13.1. The first kappa shape index (κ1) is 16.2. The van der Waals surface area contributed by atoms with E-state index in [0.29, 0.717) is 6.04 Å². The van der Waals surface area contributed by atoms with Crippen LogP contribution in [0.15, 0.2) is 12.4 Å². The normalized spacial score (nSPS) is 13.7. The van der Waals surface area contributed by atoms with E-state index in [1.54, 1.807) is 0 Å². The maximum atomic E-state index is 6.10. The zero-order chi connectivity index (χ0) is 14.3. The number of likely N-dealkylation sites (N-methyl/N-ethyl adjacent to an activating group) is 1. The predicted octanol–water partition coefficient (Wildman–Crippen LogP) is 2.63. The first-order valence-electron chi connectivity index (χ1n) is 7.48. The molecule has 0 bridgehead atoms. The molecule has 0 saturated heterocycles. The van der Waals surface area contributed by atoms with Crippen molar-refractivity contribution in [1.82, 2.24) is 15.1 Å². The number of ether oxygens (including phenoxy) is 1. The van der Waals surface area contributed by atoms with Gasteiger partial charge in [-0.3, -0.25) is 4.68 Å². The van der Waals surface area contributed by atoms with Gasteiger partial charge in [0.2, 0.25) is 0 Å². The highest BCUT2D eigenvalue weighted by Gasteiger charge is 2.35. The van der Waals surface area contributed by atoms with Gasteiger partial charge in [-0.2, -0.15) is 5.10 Å². The molecule has 0 aromatic carbocycles. The van der Waals surface area contributed by atoms with Gasteiger partial charge in [0, 0.05) is 25.4 Å². The fourth-order valence-electron chi connectivity index (χ4n) is 2.81. The van der Waals surface area contributed by atoms with Crippen molar-refractivity contribution < 1.29 is 4.74 Å². The predicted molar refractivity (Wildman–Crippen MR) is 79.4 cm³/mol. The Labute approximate surface area is 117 Å². The van der Waals surface area contributed by atoms with E-state index in [2.05, 4.69) is 44.3 Å². The lowest BCUT2D eigenvalue weighted by molar-refractivity contribution is -0.0703. The van der Waals surface area contributed by atoms with Gasteiger partial charge in [-0.05, 0) is 45.7 Å². The molecule has 0 spiro atoms. The average molecular weight is 267 g/mol. The third-order valence-electron chi connectivity index (χ3n) is 4.06. The van der Waals surface area contributed by atoms with Gasteiger partial charge >= 0.3 is 0 Å². The lowest BCUT2D eigenvalue weighted by Crippen LogP contribution is -2.52. The molecule has 0 aliphatic heterocycles. The summed E-state index contributed by atoms with van der Waals surface area (Å²) in [7, 11) is 2.02. The zero-order valence-corrected chi connectivity index (χ0v) is 13.1. The van der Waals surface area contributed by atoms with Crippen LogP contribution in [0.5, 0.6) is 0 Å². The van der Waals surface area contributed by atoms with E-state index >= 15 is 0 Å². The van der Waals surface area contributed by atoms with Crippen LogP contribution in [0.4, 0.5) is 0 Å². The van der Waals surface area contributed by atoms with Gasteiger partial charge in [-0.25, -0.2) is 0 Å². The molecule has 4 nitrogen and oxygen atoms in total. The molecule has 1 rings (SSSR count). The fraction of sp³-hybridized carbons (Fsp3) is 0.800. The van der Waals surface area contributed by atoms with E-state index in [0.717, 1.165) is 32.4 Å². The number of nitrogens with zero attached hydrogens (tertiary/aromatic N) is 2. The lowest BCUT2D eigenvalue weighted by Gasteiger charge is -2.39. The van der Waals surface area contributed by atoms with Crippen molar-refractivity contribution in [3.05, 3.63) is 18.0 Å². The second kappa shape index (κ2) is 7.65. The van der Waals surface area contributed by atoms with Gasteiger partial charge < -0.3 is 10.1 Å². The molecule has 1 N–H and O–H groups in total. The number of rotatable bonds is 9. The largest absolute Gasteiger partial charge is 0.374 e. The summed E-state index contributed by atoms with van der Waals surface area (Å²) >= 11 is 0. The summed E-state index contributed by atoms with van der Waals surface area (Å²) in [6, 6.07) is 0.317. The molecule has 1 unspecified atom stereocenters. The molecule has 0 radical (unpaired) electrons. The Morgan fingerprint density at radius 3 is 2.42 bits per heavy atom. The van der Waals surface area contributed by atoms with Gasteiger partial charge in [-0.15, -0.1) is 0 Å². The monoisotopic (exact) mass is 267 g/mol. The Kier molecular flexibility index (Phi) is 6.52. The summed E-state index contributed by atoms with van der Waals surface area (Å²) in [6.45, 7) is 10.3. The van der Waals surface area contributed by atoms with E-state index in [9.17, 15) is 0 Å². The number of hydrogen-bond acceptors (Lipinski definition) is 3. The van der Waals surface area contributed by atoms with Crippen molar-refractivity contribution in [3.63, 3.8) is 0 Å². The summed E-state index contributed by atoms with van der Waals surface area (Å²) in [5.74, 6) is 0. The topological polar surface area (TPSA) is 39.1 Å². The minimum absolute atomic E-state index is 0.0855. The standard InChI is InChI=1S/C15H29N3O/c1-6-15(7-2,19-9-4)14(16-5)10-13-11-17-18(8-3)12-13/h11-12,14,16H,6-10H2,1-5H3. The molecule has 4 heteroatoms. The number of nitrogens with one attached hydrogen (secondary N) is 1. The highest BCUT2D eigenvalue weighted by atomic mass is 16.5. The highest BCUT2D eigenvalue weighted by Crippen LogP contribution is 2.27. The Bertz CT molecular complexity index is 358. The molecule has 1 aromatic rings. The molecule has 110 valence electrons. The van der Waals surface area contributed by atoms with Crippen LogP contribution in [0, 0.1) is 0 Å². The van der Waals surface area contributed by atoms with E-state index in [1.807, 2.05) is 17.9 Å². The maximum Gasteiger partial charge on any atom is 0.0832 e. The number of aromatic nitrogens is 2. The van der Waals surface area contributed by atoms with Crippen molar-refractivity contribution in [2.24, 2.45) is 0 Å².